The van der Waals surface area contributed by atoms with Crippen molar-refractivity contribution in [2.24, 2.45) is 17.8 Å². The fourth-order valence-corrected chi connectivity index (χ4v) is 5.78. The molecule has 262 valence electrons. The van der Waals surface area contributed by atoms with Crippen LogP contribution in [0.3, 0.4) is 0 Å². The summed E-state index contributed by atoms with van der Waals surface area (Å²) in [6.07, 6.45) is -0.131. The van der Waals surface area contributed by atoms with Crippen molar-refractivity contribution < 1.29 is 38.6 Å². The Morgan fingerprint density at radius 2 is 1.46 bits per heavy atom. The van der Waals surface area contributed by atoms with Gasteiger partial charge in [-0.25, -0.2) is 9.59 Å². The monoisotopic (exact) mass is 666 g/mol. The summed E-state index contributed by atoms with van der Waals surface area (Å²) >= 11 is 0. The standard InChI is InChI=1S/C36H50N4O8/c1-6-23(4)31(40-36(46)48-21-25-15-11-8-12-16-25)34(44)37-27(19-24-13-9-7-10-14-24)33(43)39-32-26(17-18-28(32)41)20-29(42)38-30(22(2)3)35(45)47-5/h7-16,22-23,26-28,30-32,41H,6,17-21H2,1-5H3,(H,37,44)(H,38,42)(H,39,43)(H,40,46)/t23-,26-,27-,28+,30-,31-,32+/m0/s1. The molecule has 48 heavy (non-hydrogen) atoms. The Balaban J connectivity index is 1.73. The highest BCUT2D eigenvalue weighted by Gasteiger charge is 2.40. The summed E-state index contributed by atoms with van der Waals surface area (Å²) < 4.78 is 10.2. The quantitative estimate of drug-likeness (QED) is 0.170. The maximum Gasteiger partial charge on any atom is 0.408 e. The lowest BCUT2D eigenvalue weighted by atomic mass is 9.95. The van der Waals surface area contributed by atoms with E-state index in [1.807, 2.05) is 74.5 Å². The zero-order valence-electron chi connectivity index (χ0n) is 28.4. The van der Waals surface area contributed by atoms with Crippen molar-refractivity contribution in [3.8, 4) is 0 Å². The van der Waals surface area contributed by atoms with Gasteiger partial charge in [-0.3, -0.25) is 14.4 Å². The van der Waals surface area contributed by atoms with Crippen molar-refractivity contribution in [1.82, 2.24) is 21.3 Å². The third kappa shape index (κ3) is 11.4. The van der Waals surface area contributed by atoms with Crippen LogP contribution in [-0.4, -0.2) is 72.3 Å². The normalized spacial score (nSPS) is 19.7. The molecule has 0 spiro atoms. The molecule has 7 atom stereocenters. The molecule has 1 fully saturated rings. The first-order chi connectivity index (χ1) is 22.9. The van der Waals surface area contributed by atoms with Crippen molar-refractivity contribution in [2.75, 3.05) is 7.11 Å². The number of ether oxygens (including phenoxy) is 2. The second-order valence-electron chi connectivity index (χ2n) is 12.8. The Morgan fingerprint density at radius 1 is 0.833 bits per heavy atom. The van der Waals surface area contributed by atoms with Crippen molar-refractivity contribution in [3.63, 3.8) is 0 Å². The number of carbonyl (C=O) groups is 5. The number of hydrogen-bond acceptors (Lipinski definition) is 8. The molecule has 2 aromatic rings. The molecule has 0 aliphatic heterocycles. The lowest BCUT2D eigenvalue weighted by Gasteiger charge is -2.29. The van der Waals surface area contributed by atoms with Crippen molar-refractivity contribution >= 4 is 29.8 Å². The molecule has 1 saturated carbocycles. The molecule has 1 aliphatic carbocycles. The van der Waals surface area contributed by atoms with Crippen LogP contribution >= 0.6 is 0 Å². The van der Waals surface area contributed by atoms with E-state index in [0.717, 1.165) is 11.1 Å². The largest absolute Gasteiger partial charge is 0.467 e. The van der Waals surface area contributed by atoms with Crippen LogP contribution in [-0.2, 0) is 41.7 Å². The molecule has 0 unspecified atom stereocenters. The first-order valence-corrected chi connectivity index (χ1v) is 16.6. The molecule has 4 amide bonds. The van der Waals surface area contributed by atoms with Gasteiger partial charge < -0.3 is 35.8 Å². The van der Waals surface area contributed by atoms with Crippen molar-refractivity contribution in [3.05, 3.63) is 71.8 Å². The summed E-state index contributed by atoms with van der Waals surface area (Å²) in [6.45, 7) is 7.33. The number of amides is 4. The Morgan fingerprint density at radius 3 is 2.04 bits per heavy atom. The second-order valence-corrected chi connectivity index (χ2v) is 12.8. The molecule has 2 aromatic carbocycles. The SMILES string of the molecule is CC[C@H](C)[C@H](NC(=O)OCc1ccccc1)C(=O)N[C@@H](Cc1ccccc1)C(=O)N[C@@H]1[C@H](CC(=O)N[C@H](C(=O)OC)C(C)C)CC[C@H]1O. The minimum atomic E-state index is -1.06. The van der Waals surface area contributed by atoms with Gasteiger partial charge in [0, 0.05) is 12.8 Å². The summed E-state index contributed by atoms with van der Waals surface area (Å²) in [5.41, 5.74) is 1.59. The molecular weight excluding hydrogens is 616 g/mol. The van der Waals surface area contributed by atoms with Gasteiger partial charge in [0.1, 0.15) is 24.7 Å². The number of alkyl carbamates (subject to hydrolysis) is 1. The van der Waals surface area contributed by atoms with Crippen LogP contribution in [0.5, 0.6) is 0 Å². The predicted molar refractivity (Wildman–Crippen MR) is 179 cm³/mol. The minimum Gasteiger partial charge on any atom is -0.467 e. The highest BCUT2D eigenvalue weighted by Crippen LogP contribution is 2.29. The lowest BCUT2D eigenvalue weighted by molar-refractivity contribution is -0.146. The smallest absolute Gasteiger partial charge is 0.408 e. The third-order valence-corrected chi connectivity index (χ3v) is 8.85. The molecule has 0 saturated heterocycles. The van der Waals surface area contributed by atoms with E-state index in [9.17, 15) is 29.1 Å². The number of esters is 1. The average Bonchev–Trinajstić information content (AvgIpc) is 3.42. The van der Waals surface area contributed by atoms with E-state index in [1.165, 1.54) is 7.11 Å². The van der Waals surface area contributed by atoms with E-state index in [0.29, 0.717) is 19.3 Å². The van der Waals surface area contributed by atoms with E-state index < -0.39 is 66.0 Å². The number of nitrogens with one attached hydrogen (secondary N) is 4. The fraction of sp³-hybridized carbons (Fsp3) is 0.528. The van der Waals surface area contributed by atoms with Gasteiger partial charge in [0.25, 0.3) is 0 Å². The van der Waals surface area contributed by atoms with Gasteiger partial charge in [0.2, 0.25) is 17.7 Å². The molecular formula is C36H50N4O8. The number of aliphatic hydroxyl groups is 1. The number of hydrogen-bond donors (Lipinski definition) is 5. The molecule has 0 aromatic heterocycles. The van der Waals surface area contributed by atoms with E-state index in [4.69, 9.17) is 9.47 Å². The lowest BCUT2D eigenvalue weighted by Crippen LogP contribution is -2.58. The summed E-state index contributed by atoms with van der Waals surface area (Å²) in [7, 11) is 1.26. The van der Waals surface area contributed by atoms with Gasteiger partial charge in [-0.1, -0.05) is 94.8 Å². The summed E-state index contributed by atoms with van der Waals surface area (Å²) in [5, 5.41) is 21.9. The second kappa shape index (κ2) is 18.8. The van der Waals surface area contributed by atoms with Crippen LogP contribution in [0.1, 0.15) is 64.5 Å². The predicted octanol–water partition coefficient (Wildman–Crippen LogP) is 3.01. The van der Waals surface area contributed by atoms with E-state index in [2.05, 4.69) is 21.3 Å². The highest BCUT2D eigenvalue weighted by atomic mass is 16.5. The average molecular weight is 667 g/mol. The van der Waals surface area contributed by atoms with Crippen LogP contribution in [0.2, 0.25) is 0 Å². The van der Waals surface area contributed by atoms with Gasteiger partial charge >= 0.3 is 12.1 Å². The first-order valence-electron chi connectivity index (χ1n) is 16.6. The number of methoxy groups -OCH3 is 1. The van der Waals surface area contributed by atoms with Gasteiger partial charge in [0.05, 0.1) is 19.3 Å². The highest BCUT2D eigenvalue weighted by molar-refractivity contribution is 5.92. The van der Waals surface area contributed by atoms with Crippen LogP contribution in [0.15, 0.2) is 60.7 Å². The first kappa shape index (κ1) is 38.0. The number of rotatable bonds is 16. The maximum atomic E-state index is 13.8. The summed E-state index contributed by atoms with van der Waals surface area (Å²) in [5.74, 6) is -2.93. The zero-order chi connectivity index (χ0) is 35.2. The van der Waals surface area contributed by atoms with Crippen LogP contribution in [0.25, 0.3) is 0 Å². The molecule has 12 nitrogen and oxygen atoms in total. The molecule has 0 bridgehead atoms. The van der Waals surface area contributed by atoms with Gasteiger partial charge in [-0.2, -0.15) is 0 Å². The topological polar surface area (TPSA) is 172 Å². The Hall–Kier alpha value is -4.45. The minimum absolute atomic E-state index is 0.0248. The number of aliphatic hydroxyl groups excluding tert-OH is 1. The maximum absolute atomic E-state index is 13.8. The van der Waals surface area contributed by atoms with Gasteiger partial charge in [-0.15, -0.1) is 0 Å². The van der Waals surface area contributed by atoms with Gasteiger partial charge in [0.15, 0.2) is 0 Å². The van der Waals surface area contributed by atoms with E-state index >= 15 is 0 Å². The van der Waals surface area contributed by atoms with Crippen LogP contribution in [0.4, 0.5) is 4.79 Å². The molecule has 5 N–H and O–H groups in total. The van der Waals surface area contributed by atoms with Gasteiger partial charge in [-0.05, 0) is 41.7 Å². The third-order valence-electron chi connectivity index (χ3n) is 8.85. The summed E-state index contributed by atoms with van der Waals surface area (Å²) in [4.78, 5) is 65.4. The van der Waals surface area contributed by atoms with Crippen LogP contribution in [0, 0.1) is 17.8 Å². The summed E-state index contributed by atoms with van der Waals surface area (Å²) in [6, 6.07) is 14.7. The fourth-order valence-electron chi connectivity index (χ4n) is 5.78. The number of carbonyl (C=O) groups excluding carboxylic acids is 5. The Kier molecular flexibility index (Phi) is 14.9. The molecule has 0 heterocycles. The van der Waals surface area contributed by atoms with E-state index in [1.54, 1.807) is 13.8 Å². The zero-order valence-corrected chi connectivity index (χ0v) is 28.4. The van der Waals surface area contributed by atoms with Crippen LogP contribution < -0.4 is 21.3 Å². The van der Waals surface area contributed by atoms with Crippen molar-refractivity contribution in [2.45, 2.75) is 96.7 Å². The molecule has 1 aliphatic rings. The molecule has 12 heteroatoms. The van der Waals surface area contributed by atoms with E-state index in [-0.39, 0.29) is 31.3 Å². The van der Waals surface area contributed by atoms with Crippen molar-refractivity contribution in [1.29, 1.82) is 0 Å². The Bertz CT molecular complexity index is 1360. The molecule has 3 rings (SSSR count). The Labute approximate surface area is 282 Å². The molecule has 0 radical (unpaired) electrons. The number of benzene rings is 2.